The average Bonchev–Trinajstić information content (AvgIpc) is 3.62. The predicted molar refractivity (Wildman–Crippen MR) is 119 cm³/mol. The van der Waals surface area contributed by atoms with Crippen LogP contribution < -0.4 is 20.7 Å². The molecular weight excluding hydrogens is 490 g/mol. The number of hydrogen-bond acceptors (Lipinski definition) is 10. The Morgan fingerprint density at radius 3 is 2.66 bits per heavy atom. The van der Waals surface area contributed by atoms with Gasteiger partial charge in [0.2, 0.25) is 5.91 Å². The zero-order chi connectivity index (χ0) is 28.3. The molecule has 2 heterocycles. The summed E-state index contributed by atoms with van der Waals surface area (Å²) in [4.78, 5) is 28.3. The smallest absolute Gasteiger partial charge is 0.345 e. The van der Waals surface area contributed by atoms with E-state index in [2.05, 4.69) is 30.6 Å². The Hall–Kier alpha value is -3.46. The summed E-state index contributed by atoms with van der Waals surface area (Å²) in [5.74, 6) is -2.13. The first-order chi connectivity index (χ1) is 17.6. The number of nitrogens with zero attached hydrogens (tertiary/aromatic N) is 3. The molecule has 0 aromatic carbocycles. The van der Waals surface area contributed by atoms with Gasteiger partial charge in [-0.25, -0.2) is 13.4 Å². The second-order valence-electron chi connectivity index (χ2n) is 7.64. The fourth-order valence-corrected chi connectivity index (χ4v) is 3.57. The largest absolute Gasteiger partial charge is 0.489 e. The molecule has 15 heteroatoms. The molecule has 3 rings (SSSR count). The summed E-state index contributed by atoms with van der Waals surface area (Å²) >= 11 is 0. The van der Waals surface area contributed by atoms with Gasteiger partial charge in [0, 0.05) is 35.4 Å². The Morgan fingerprint density at radius 2 is 2.03 bits per heavy atom. The number of rotatable bonds is 11. The van der Waals surface area contributed by atoms with E-state index in [-0.39, 0.29) is 41.5 Å². The number of nitrogens with one attached hydrogen (secondary N) is 3. The van der Waals surface area contributed by atoms with Crippen molar-refractivity contribution in [2.45, 2.75) is 37.4 Å². The second kappa shape index (κ2) is 10.9. The van der Waals surface area contributed by atoms with Crippen molar-refractivity contribution in [1.82, 2.24) is 20.5 Å². The molecule has 0 saturated heterocycles. The van der Waals surface area contributed by atoms with E-state index in [1.165, 1.54) is 13.0 Å². The summed E-state index contributed by atoms with van der Waals surface area (Å²) in [7, 11) is -3.98. The van der Waals surface area contributed by atoms with E-state index in [4.69, 9.17) is 8.85 Å². The first-order valence-corrected chi connectivity index (χ1v) is 12.1. The molecule has 2 aromatic heterocycles. The maximum atomic E-state index is 12.6. The highest BCUT2D eigenvalue weighted by atomic mass is 32.2. The minimum Gasteiger partial charge on any atom is -0.489 e. The lowest BCUT2D eigenvalue weighted by Crippen LogP contribution is -2.23. The second-order valence-corrected chi connectivity index (χ2v) is 9.63. The molecule has 0 aliphatic heterocycles. The summed E-state index contributed by atoms with van der Waals surface area (Å²) in [6.45, 7) is -4.89. The molecule has 1 atom stereocenters. The molecular formula is C20H24F2N6O6S. The number of amides is 2. The predicted octanol–water partition coefficient (Wildman–Crippen LogP) is 1.73. The van der Waals surface area contributed by atoms with Crippen molar-refractivity contribution < 1.29 is 40.4 Å². The summed E-state index contributed by atoms with van der Waals surface area (Å²) in [6.07, 6.45) is 2.36. The molecule has 0 bridgehead atoms. The Morgan fingerprint density at radius 1 is 1.29 bits per heavy atom. The molecule has 12 nitrogen and oxygen atoms in total. The first kappa shape index (κ1) is 22.0. The molecule has 1 aliphatic carbocycles. The van der Waals surface area contributed by atoms with Gasteiger partial charge in [-0.05, 0) is 19.8 Å². The molecule has 1 fully saturated rings. The number of aromatic nitrogens is 3. The summed E-state index contributed by atoms with van der Waals surface area (Å²) in [5, 5.41) is 14.3. The number of hydrogen-bond donors (Lipinski definition) is 3. The van der Waals surface area contributed by atoms with Crippen molar-refractivity contribution in [2.75, 3.05) is 30.5 Å². The van der Waals surface area contributed by atoms with Crippen LogP contribution >= 0.6 is 0 Å². The number of carbonyl (C=O) groups excluding carboxylic acids is 2. The van der Waals surface area contributed by atoms with E-state index in [0.717, 1.165) is 18.5 Å². The molecule has 0 spiro atoms. The van der Waals surface area contributed by atoms with E-state index in [1.807, 2.05) is 0 Å². The standard InChI is InChI=1S/C20H24F2N6O6S/c1-10(34-20(21)22)9-33-12-6-14(35(3,31)32)17(24-8-12)25-13-7-15(26-18(29)11-4-5-11)27-28-16(13)19(30)23-2/h6-8,10-11,20H,4-5,9H2,1-3H3,(H,23,30)(H2,24,25,26,27,29)/t10-/m1/s1/i2D3. The monoisotopic (exact) mass is 517 g/mol. The van der Waals surface area contributed by atoms with Crippen molar-refractivity contribution in [2.24, 2.45) is 5.92 Å². The Labute approximate surface area is 203 Å². The number of ether oxygens (including phenoxy) is 2. The van der Waals surface area contributed by atoms with Gasteiger partial charge in [0.1, 0.15) is 23.1 Å². The van der Waals surface area contributed by atoms with E-state index < -0.39 is 46.0 Å². The minimum absolute atomic E-state index is 0.0775. The molecule has 3 N–H and O–H groups in total. The topological polar surface area (TPSA) is 162 Å². The molecule has 35 heavy (non-hydrogen) atoms. The van der Waals surface area contributed by atoms with Crippen LogP contribution in [0.15, 0.2) is 23.2 Å². The van der Waals surface area contributed by atoms with Crippen LogP contribution in [0.25, 0.3) is 0 Å². The maximum Gasteiger partial charge on any atom is 0.345 e. The zero-order valence-corrected chi connectivity index (χ0v) is 19.4. The Bertz CT molecular complexity index is 1310. The van der Waals surface area contributed by atoms with Crippen LogP contribution in [0.3, 0.4) is 0 Å². The van der Waals surface area contributed by atoms with Crippen LogP contribution in [0.2, 0.25) is 0 Å². The fourth-order valence-electron chi connectivity index (χ4n) is 2.79. The third-order valence-electron chi connectivity index (χ3n) is 4.62. The van der Waals surface area contributed by atoms with Crippen LogP contribution in [0, 0.1) is 5.92 Å². The third-order valence-corrected chi connectivity index (χ3v) is 5.73. The number of alkyl halides is 2. The zero-order valence-electron chi connectivity index (χ0n) is 21.5. The number of halogens is 2. The van der Waals surface area contributed by atoms with Crippen LogP contribution in [-0.2, 0) is 19.4 Å². The summed E-state index contributed by atoms with van der Waals surface area (Å²) in [5.41, 5.74) is -0.733. The van der Waals surface area contributed by atoms with Crippen molar-refractivity contribution in [3.05, 3.63) is 24.0 Å². The Kier molecular flexibility index (Phi) is 6.84. The SMILES string of the molecule is [2H]C([2H])([2H])NC(=O)c1nnc(NC(=O)C2CC2)cc1Nc1ncc(OC[C@@H](C)OC(F)F)cc1S(C)(=O)=O. The van der Waals surface area contributed by atoms with Crippen LogP contribution in [-0.4, -0.2) is 68.0 Å². The lowest BCUT2D eigenvalue weighted by Gasteiger charge is -2.16. The molecule has 2 amide bonds. The van der Waals surface area contributed by atoms with Gasteiger partial charge in [-0.1, -0.05) is 0 Å². The van der Waals surface area contributed by atoms with E-state index >= 15 is 0 Å². The average molecular weight is 518 g/mol. The molecule has 0 unspecified atom stereocenters. The quantitative estimate of drug-likeness (QED) is 0.400. The van der Waals surface area contributed by atoms with Crippen molar-refractivity contribution >= 4 is 39.0 Å². The lowest BCUT2D eigenvalue weighted by molar-refractivity contribution is -0.164. The highest BCUT2D eigenvalue weighted by Gasteiger charge is 2.30. The number of sulfone groups is 1. The number of anilines is 3. The van der Waals surface area contributed by atoms with Gasteiger partial charge in [0.15, 0.2) is 21.3 Å². The molecule has 2 aromatic rings. The van der Waals surface area contributed by atoms with E-state index in [1.54, 1.807) is 5.32 Å². The van der Waals surface area contributed by atoms with E-state index in [0.29, 0.717) is 12.8 Å². The molecule has 1 aliphatic rings. The van der Waals surface area contributed by atoms with Crippen LogP contribution in [0.5, 0.6) is 5.75 Å². The van der Waals surface area contributed by atoms with Gasteiger partial charge in [-0.15, -0.1) is 10.2 Å². The van der Waals surface area contributed by atoms with Crippen molar-refractivity contribution in [3.8, 4) is 5.75 Å². The Balaban J connectivity index is 1.94. The van der Waals surface area contributed by atoms with Crippen LogP contribution in [0.1, 0.15) is 34.4 Å². The summed E-state index contributed by atoms with van der Waals surface area (Å²) in [6, 6.07) is 2.25. The normalized spacial score (nSPS) is 16.0. The number of pyridine rings is 1. The minimum atomic E-state index is -3.98. The number of carbonyl (C=O) groups is 2. The van der Waals surface area contributed by atoms with Gasteiger partial charge in [0.25, 0.3) is 5.91 Å². The van der Waals surface area contributed by atoms with Crippen molar-refractivity contribution in [3.63, 3.8) is 0 Å². The van der Waals surface area contributed by atoms with Crippen LogP contribution in [0.4, 0.5) is 26.1 Å². The highest BCUT2D eigenvalue weighted by Crippen LogP contribution is 2.31. The first-order valence-electron chi connectivity index (χ1n) is 11.7. The highest BCUT2D eigenvalue weighted by molar-refractivity contribution is 7.90. The molecule has 1 saturated carbocycles. The summed E-state index contributed by atoms with van der Waals surface area (Å²) < 4.78 is 81.0. The molecule has 0 radical (unpaired) electrons. The van der Waals surface area contributed by atoms with E-state index in [9.17, 15) is 26.8 Å². The fraction of sp³-hybridized carbons (Fsp3) is 0.450. The van der Waals surface area contributed by atoms with Gasteiger partial charge in [-0.2, -0.15) is 8.78 Å². The van der Waals surface area contributed by atoms with Crippen molar-refractivity contribution in [1.29, 1.82) is 0 Å². The maximum absolute atomic E-state index is 12.6. The van der Waals surface area contributed by atoms with Gasteiger partial charge < -0.3 is 25.4 Å². The third kappa shape index (κ3) is 7.26. The van der Waals surface area contributed by atoms with Gasteiger partial charge in [0.05, 0.1) is 18.0 Å². The lowest BCUT2D eigenvalue weighted by atomic mass is 10.2. The van der Waals surface area contributed by atoms with Gasteiger partial charge in [-0.3, -0.25) is 9.59 Å². The van der Waals surface area contributed by atoms with Gasteiger partial charge >= 0.3 is 6.61 Å². The molecule has 190 valence electrons.